The van der Waals surface area contributed by atoms with Crippen LogP contribution in [0, 0.1) is 31.1 Å². The van der Waals surface area contributed by atoms with Gasteiger partial charge in [0.25, 0.3) is 0 Å². The maximum absolute atomic E-state index is 12.6. The molecule has 1 aliphatic rings. The van der Waals surface area contributed by atoms with Gasteiger partial charge < -0.3 is 0 Å². The van der Waals surface area contributed by atoms with Crippen LogP contribution in [0.3, 0.4) is 0 Å². The van der Waals surface area contributed by atoms with Crippen molar-refractivity contribution in [1.29, 1.82) is 0 Å². The molecule has 0 spiro atoms. The van der Waals surface area contributed by atoms with Crippen molar-refractivity contribution in [3.63, 3.8) is 0 Å². The van der Waals surface area contributed by atoms with Crippen LogP contribution in [0.4, 0.5) is 0 Å². The van der Waals surface area contributed by atoms with E-state index in [1.54, 1.807) is 0 Å². The van der Waals surface area contributed by atoms with Crippen molar-refractivity contribution in [2.24, 2.45) is 17.3 Å². The summed E-state index contributed by atoms with van der Waals surface area (Å²) < 4.78 is 0. The van der Waals surface area contributed by atoms with Gasteiger partial charge in [-0.2, -0.15) is 0 Å². The van der Waals surface area contributed by atoms with Crippen LogP contribution >= 0.6 is 0 Å². The Kier molecular flexibility index (Phi) is 4.91. The first-order valence-corrected chi connectivity index (χ1v) is 8.36. The lowest BCUT2D eigenvalue weighted by Gasteiger charge is -2.36. The topological polar surface area (TPSA) is 17.1 Å². The van der Waals surface area contributed by atoms with E-state index >= 15 is 0 Å². The zero-order valence-corrected chi connectivity index (χ0v) is 14.3. The monoisotopic (exact) mass is 286 g/mol. The lowest BCUT2D eigenvalue weighted by atomic mass is 9.69. The average molecular weight is 286 g/mol. The van der Waals surface area contributed by atoms with E-state index in [1.165, 1.54) is 29.5 Å². The van der Waals surface area contributed by atoms with Gasteiger partial charge in [-0.1, -0.05) is 44.5 Å². The fraction of sp³-hybridized carbons (Fsp3) is 0.650. The molecule has 0 aliphatic heterocycles. The molecule has 0 saturated heterocycles. The number of rotatable bonds is 3. The number of carbonyl (C=O) groups excluding carboxylic acids is 1. The highest BCUT2D eigenvalue weighted by atomic mass is 16.1. The first-order chi connectivity index (χ1) is 9.77. The van der Waals surface area contributed by atoms with E-state index in [4.69, 9.17) is 0 Å². The Labute approximate surface area is 130 Å². The molecule has 21 heavy (non-hydrogen) atoms. The largest absolute Gasteiger partial charge is 0.299 e. The Morgan fingerprint density at radius 3 is 2.29 bits per heavy atom. The highest BCUT2D eigenvalue weighted by Gasteiger charge is 2.32. The van der Waals surface area contributed by atoms with E-state index in [2.05, 4.69) is 52.8 Å². The predicted octanol–water partition coefficient (Wildman–Crippen LogP) is 5.27. The lowest BCUT2D eigenvalue weighted by Crippen LogP contribution is -2.29. The van der Waals surface area contributed by atoms with Crippen LogP contribution in [0.1, 0.15) is 63.1 Å². The van der Waals surface area contributed by atoms with Gasteiger partial charge in [0.2, 0.25) is 0 Å². The SMILES string of the molecule is Cc1ccc(C)c(CC(=O)C2CCC(C(C)(C)C)CC2)c1. The summed E-state index contributed by atoms with van der Waals surface area (Å²) in [6.07, 6.45) is 5.23. The molecule has 0 atom stereocenters. The molecule has 0 radical (unpaired) electrons. The van der Waals surface area contributed by atoms with Gasteiger partial charge in [-0.15, -0.1) is 0 Å². The minimum absolute atomic E-state index is 0.295. The average Bonchev–Trinajstić information content (AvgIpc) is 2.42. The first-order valence-electron chi connectivity index (χ1n) is 8.36. The van der Waals surface area contributed by atoms with E-state index in [1.807, 2.05) is 0 Å². The minimum atomic E-state index is 0.295. The highest BCUT2D eigenvalue weighted by molar-refractivity contribution is 5.83. The Balaban J connectivity index is 1.95. The van der Waals surface area contributed by atoms with Gasteiger partial charge in [-0.05, 0) is 62.0 Å². The fourth-order valence-corrected chi connectivity index (χ4v) is 3.60. The molecule has 1 heteroatoms. The standard InChI is InChI=1S/C20H30O/c1-14-6-7-15(2)17(12-14)13-19(21)16-8-10-18(11-9-16)20(3,4)5/h6-7,12,16,18H,8-11,13H2,1-5H3. The zero-order valence-electron chi connectivity index (χ0n) is 14.3. The second-order valence-electron chi connectivity index (χ2n) is 7.99. The number of benzene rings is 1. The molecule has 0 unspecified atom stereocenters. The summed E-state index contributed by atoms with van der Waals surface area (Å²) in [5.41, 5.74) is 4.11. The van der Waals surface area contributed by atoms with Crippen molar-refractivity contribution >= 4 is 5.78 Å². The molecule has 0 N–H and O–H groups in total. The van der Waals surface area contributed by atoms with Crippen molar-refractivity contribution in [2.75, 3.05) is 0 Å². The van der Waals surface area contributed by atoms with E-state index in [9.17, 15) is 4.79 Å². The molecule has 1 aliphatic carbocycles. The first kappa shape index (κ1) is 16.3. The van der Waals surface area contributed by atoms with Crippen molar-refractivity contribution in [2.45, 2.75) is 66.7 Å². The van der Waals surface area contributed by atoms with Crippen LogP contribution in [0.15, 0.2) is 18.2 Å². The maximum atomic E-state index is 12.6. The van der Waals surface area contributed by atoms with Crippen LogP contribution in [-0.4, -0.2) is 5.78 Å². The summed E-state index contributed by atoms with van der Waals surface area (Å²) in [7, 11) is 0. The normalized spacial score (nSPS) is 23.1. The van der Waals surface area contributed by atoms with Crippen molar-refractivity contribution in [1.82, 2.24) is 0 Å². The van der Waals surface area contributed by atoms with Crippen molar-refractivity contribution in [3.05, 3.63) is 34.9 Å². The van der Waals surface area contributed by atoms with E-state index in [0.717, 1.165) is 18.8 Å². The molecule has 0 bridgehead atoms. The summed E-state index contributed by atoms with van der Waals surface area (Å²) in [5, 5.41) is 0. The van der Waals surface area contributed by atoms with Crippen LogP contribution in [-0.2, 0) is 11.2 Å². The van der Waals surface area contributed by atoms with Gasteiger partial charge >= 0.3 is 0 Å². The third-order valence-electron chi connectivity index (χ3n) is 5.28. The Bertz CT molecular complexity index is 499. The molecule has 116 valence electrons. The van der Waals surface area contributed by atoms with E-state index in [-0.39, 0.29) is 0 Å². The molecule has 1 aromatic rings. The Hall–Kier alpha value is -1.11. The summed E-state index contributed by atoms with van der Waals surface area (Å²) >= 11 is 0. The number of aryl methyl sites for hydroxylation is 2. The van der Waals surface area contributed by atoms with Gasteiger partial charge in [-0.25, -0.2) is 0 Å². The quantitative estimate of drug-likeness (QED) is 0.740. The summed E-state index contributed by atoms with van der Waals surface area (Å²) in [5.74, 6) is 1.53. The lowest BCUT2D eigenvalue weighted by molar-refractivity contribution is -0.123. The van der Waals surface area contributed by atoms with Crippen LogP contribution < -0.4 is 0 Å². The molecule has 2 rings (SSSR count). The van der Waals surface area contributed by atoms with Gasteiger partial charge in [0.15, 0.2) is 0 Å². The predicted molar refractivity (Wildman–Crippen MR) is 89.5 cm³/mol. The summed E-state index contributed by atoms with van der Waals surface area (Å²) in [4.78, 5) is 12.6. The second-order valence-corrected chi connectivity index (χ2v) is 7.99. The minimum Gasteiger partial charge on any atom is -0.299 e. The second kappa shape index (κ2) is 6.34. The molecular weight excluding hydrogens is 256 g/mol. The third kappa shape index (κ3) is 4.18. The van der Waals surface area contributed by atoms with Crippen molar-refractivity contribution < 1.29 is 4.79 Å². The number of Topliss-reactive ketones (excluding diaryl/α,β-unsaturated/α-hetero) is 1. The van der Waals surface area contributed by atoms with Gasteiger partial charge in [-0.3, -0.25) is 4.79 Å². The zero-order chi connectivity index (χ0) is 15.6. The number of hydrogen-bond acceptors (Lipinski definition) is 1. The molecule has 1 fully saturated rings. The molecule has 0 amide bonds. The van der Waals surface area contributed by atoms with Crippen LogP contribution in [0.2, 0.25) is 0 Å². The molecule has 0 heterocycles. The van der Waals surface area contributed by atoms with Gasteiger partial charge in [0.05, 0.1) is 0 Å². The number of carbonyl (C=O) groups is 1. The Morgan fingerprint density at radius 2 is 1.71 bits per heavy atom. The molecule has 1 saturated carbocycles. The van der Waals surface area contributed by atoms with Crippen LogP contribution in [0.5, 0.6) is 0 Å². The van der Waals surface area contributed by atoms with Gasteiger partial charge in [0, 0.05) is 12.3 Å². The van der Waals surface area contributed by atoms with E-state index < -0.39 is 0 Å². The molecular formula is C20H30O. The molecule has 1 aromatic carbocycles. The van der Waals surface area contributed by atoms with Crippen molar-refractivity contribution in [3.8, 4) is 0 Å². The molecule has 1 nitrogen and oxygen atoms in total. The summed E-state index contributed by atoms with van der Waals surface area (Å²) in [6, 6.07) is 6.43. The smallest absolute Gasteiger partial charge is 0.140 e. The number of ketones is 1. The number of hydrogen-bond donors (Lipinski definition) is 0. The summed E-state index contributed by atoms with van der Waals surface area (Å²) in [6.45, 7) is 11.2. The Morgan fingerprint density at radius 1 is 1.10 bits per heavy atom. The highest BCUT2D eigenvalue weighted by Crippen LogP contribution is 2.40. The maximum Gasteiger partial charge on any atom is 0.140 e. The van der Waals surface area contributed by atoms with Gasteiger partial charge in [0.1, 0.15) is 5.78 Å². The third-order valence-corrected chi connectivity index (χ3v) is 5.28. The van der Waals surface area contributed by atoms with Crippen LogP contribution in [0.25, 0.3) is 0 Å². The molecule has 0 aromatic heterocycles. The van der Waals surface area contributed by atoms with E-state index in [0.29, 0.717) is 23.5 Å². The fourth-order valence-electron chi connectivity index (χ4n) is 3.60.